The van der Waals surface area contributed by atoms with Crippen LogP contribution < -0.4 is 0 Å². The molecule has 1 aromatic heterocycles. The van der Waals surface area contributed by atoms with E-state index in [1.807, 2.05) is 6.92 Å². The summed E-state index contributed by atoms with van der Waals surface area (Å²) in [5.41, 5.74) is 1.78. The molecule has 3 nitrogen and oxygen atoms in total. The average Bonchev–Trinajstić information content (AvgIpc) is 2.14. The molecule has 0 fully saturated rings. The van der Waals surface area contributed by atoms with Gasteiger partial charge in [-0.3, -0.25) is 10.1 Å². The first kappa shape index (κ1) is 7.21. The number of nitrogens with zero attached hydrogens (tertiary/aromatic N) is 1. The molecule has 0 aliphatic heterocycles. The van der Waals surface area contributed by atoms with Crippen molar-refractivity contribution in [3.8, 4) is 0 Å². The summed E-state index contributed by atoms with van der Waals surface area (Å²) >= 11 is 1.19. The molecule has 1 aromatic rings. The maximum atomic E-state index is 10.3. The second kappa shape index (κ2) is 2.38. The van der Waals surface area contributed by atoms with Crippen molar-refractivity contribution >= 4 is 16.3 Å². The van der Waals surface area contributed by atoms with Crippen molar-refractivity contribution in [1.29, 1.82) is 0 Å². The second-order valence-electron chi connectivity index (χ2n) is 2.11. The highest BCUT2D eigenvalue weighted by Crippen LogP contribution is 2.27. The van der Waals surface area contributed by atoms with E-state index in [0.717, 1.165) is 11.1 Å². The number of nitro groups is 1. The lowest BCUT2D eigenvalue weighted by molar-refractivity contribution is -0.380. The van der Waals surface area contributed by atoms with Gasteiger partial charge in [0.25, 0.3) is 0 Å². The highest BCUT2D eigenvalue weighted by atomic mass is 32.1. The van der Waals surface area contributed by atoms with Crippen molar-refractivity contribution in [3.63, 3.8) is 0 Å². The van der Waals surface area contributed by atoms with Crippen LogP contribution in [-0.4, -0.2) is 4.92 Å². The lowest BCUT2D eigenvalue weighted by Gasteiger charge is -1.86. The molecule has 0 N–H and O–H groups in total. The fourth-order valence-corrected chi connectivity index (χ4v) is 1.56. The van der Waals surface area contributed by atoms with Crippen LogP contribution in [0.2, 0.25) is 0 Å². The maximum Gasteiger partial charge on any atom is 0.327 e. The molecule has 0 atom stereocenters. The number of hydrogen-bond acceptors (Lipinski definition) is 3. The smallest absolute Gasteiger partial charge is 0.258 e. The van der Waals surface area contributed by atoms with E-state index in [1.165, 1.54) is 11.3 Å². The van der Waals surface area contributed by atoms with Gasteiger partial charge in [-0.15, -0.1) is 0 Å². The molecular formula is C6H7NO2S. The van der Waals surface area contributed by atoms with Gasteiger partial charge in [0, 0.05) is 10.9 Å². The molecule has 0 aliphatic carbocycles. The van der Waals surface area contributed by atoms with Gasteiger partial charge in [-0.1, -0.05) is 11.3 Å². The van der Waals surface area contributed by atoms with Gasteiger partial charge >= 0.3 is 5.00 Å². The van der Waals surface area contributed by atoms with Crippen LogP contribution in [-0.2, 0) is 0 Å². The summed E-state index contributed by atoms with van der Waals surface area (Å²) in [4.78, 5) is 9.91. The van der Waals surface area contributed by atoms with Gasteiger partial charge in [-0.2, -0.15) is 0 Å². The van der Waals surface area contributed by atoms with E-state index in [1.54, 1.807) is 12.3 Å². The summed E-state index contributed by atoms with van der Waals surface area (Å²) in [6.45, 7) is 3.64. The first-order valence-corrected chi connectivity index (χ1v) is 3.70. The predicted octanol–water partition coefficient (Wildman–Crippen LogP) is 2.27. The Bertz CT molecular complexity index is 267. The largest absolute Gasteiger partial charge is 0.327 e. The SMILES string of the molecule is Cc1csc([N+](=O)[O-])c1C. The summed E-state index contributed by atoms with van der Waals surface area (Å²) in [6, 6.07) is 0. The molecule has 0 saturated carbocycles. The van der Waals surface area contributed by atoms with Crippen LogP contribution in [0.3, 0.4) is 0 Å². The molecule has 0 saturated heterocycles. The van der Waals surface area contributed by atoms with Crippen molar-refractivity contribution in [3.05, 3.63) is 26.6 Å². The molecule has 1 rings (SSSR count). The second-order valence-corrected chi connectivity index (χ2v) is 2.96. The minimum Gasteiger partial charge on any atom is -0.258 e. The van der Waals surface area contributed by atoms with E-state index in [4.69, 9.17) is 0 Å². The normalized spacial score (nSPS) is 9.80. The number of hydrogen-bond donors (Lipinski definition) is 0. The zero-order valence-electron chi connectivity index (χ0n) is 5.75. The third-order valence-electron chi connectivity index (χ3n) is 1.43. The van der Waals surface area contributed by atoms with Crippen molar-refractivity contribution in [2.24, 2.45) is 0 Å². The maximum absolute atomic E-state index is 10.3. The molecule has 0 bridgehead atoms. The van der Waals surface area contributed by atoms with Crippen LogP contribution in [0.5, 0.6) is 0 Å². The highest BCUT2D eigenvalue weighted by Gasteiger charge is 2.13. The van der Waals surface area contributed by atoms with Gasteiger partial charge < -0.3 is 0 Å². The Labute approximate surface area is 62.5 Å². The van der Waals surface area contributed by atoms with E-state index in [0.29, 0.717) is 0 Å². The van der Waals surface area contributed by atoms with E-state index in [-0.39, 0.29) is 9.92 Å². The van der Waals surface area contributed by atoms with Gasteiger partial charge in [0.2, 0.25) is 0 Å². The molecule has 0 spiro atoms. The molecule has 54 valence electrons. The number of aryl methyl sites for hydroxylation is 1. The molecule has 10 heavy (non-hydrogen) atoms. The fourth-order valence-electron chi connectivity index (χ4n) is 0.670. The van der Waals surface area contributed by atoms with Gasteiger partial charge in [0.1, 0.15) is 0 Å². The number of thiophene rings is 1. The summed E-state index contributed by atoms with van der Waals surface area (Å²) in [6.07, 6.45) is 0. The monoisotopic (exact) mass is 157 g/mol. The molecule has 0 amide bonds. The van der Waals surface area contributed by atoms with Gasteiger partial charge in [0.15, 0.2) is 0 Å². The van der Waals surface area contributed by atoms with Crippen LogP contribution in [0.1, 0.15) is 11.1 Å². The Kier molecular flexibility index (Phi) is 1.72. The van der Waals surface area contributed by atoms with E-state index in [2.05, 4.69) is 0 Å². The topological polar surface area (TPSA) is 43.1 Å². The fraction of sp³-hybridized carbons (Fsp3) is 0.333. The van der Waals surface area contributed by atoms with Crippen LogP contribution >= 0.6 is 11.3 Å². The molecule has 0 aliphatic rings. The number of rotatable bonds is 1. The van der Waals surface area contributed by atoms with Crippen LogP contribution in [0.25, 0.3) is 0 Å². The highest BCUT2D eigenvalue weighted by molar-refractivity contribution is 7.13. The third-order valence-corrected chi connectivity index (χ3v) is 2.58. The zero-order chi connectivity index (χ0) is 7.72. The van der Waals surface area contributed by atoms with Crippen molar-refractivity contribution in [2.75, 3.05) is 0 Å². The summed E-state index contributed by atoms with van der Waals surface area (Å²) in [7, 11) is 0. The third kappa shape index (κ3) is 1.02. The summed E-state index contributed by atoms with van der Waals surface area (Å²) < 4.78 is 0. The lowest BCUT2D eigenvalue weighted by Crippen LogP contribution is -1.85. The quantitative estimate of drug-likeness (QED) is 0.463. The van der Waals surface area contributed by atoms with Crippen LogP contribution in [0.4, 0.5) is 5.00 Å². The van der Waals surface area contributed by atoms with E-state index in [9.17, 15) is 10.1 Å². The standard InChI is InChI=1S/C6H7NO2S/c1-4-3-10-6(5(4)2)7(8)9/h3H,1-2H3. The van der Waals surface area contributed by atoms with Gasteiger partial charge in [-0.25, -0.2) is 0 Å². The predicted molar refractivity (Wildman–Crippen MR) is 40.4 cm³/mol. The molecule has 0 unspecified atom stereocenters. The Balaban J connectivity index is 3.17. The molecular weight excluding hydrogens is 150 g/mol. The van der Waals surface area contributed by atoms with Crippen molar-refractivity contribution in [2.45, 2.75) is 13.8 Å². The summed E-state index contributed by atoms with van der Waals surface area (Å²) in [5.74, 6) is 0. The Morgan fingerprint density at radius 1 is 1.60 bits per heavy atom. The van der Waals surface area contributed by atoms with Crippen molar-refractivity contribution < 1.29 is 4.92 Å². The van der Waals surface area contributed by atoms with Crippen molar-refractivity contribution in [1.82, 2.24) is 0 Å². The first-order chi connectivity index (χ1) is 4.63. The molecule has 0 radical (unpaired) electrons. The van der Waals surface area contributed by atoms with Gasteiger partial charge in [-0.05, 0) is 19.4 Å². The Morgan fingerprint density at radius 2 is 2.20 bits per heavy atom. The average molecular weight is 157 g/mol. The zero-order valence-corrected chi connectivity index (χ0v) is 6.57. The molecule has 0 aromatic carbocycles. The summed E-state index contributed by atoms with van der Waals surface area (Å²) in [5, 5.41) is 12.3. The first-order valence-electron chi connectivity index (χ1n) is 2.82. The van der Waals surface area contributed by atoms with Crippen LogP contribution in [0, 0.1) is 24.0 Å². The molecule has 4 heteroatoms. The van der Waals surface area contributed by atoms with E-state index < -0.39 is 0 Å². The lowest BCUT2D eigenvalue weighted by atomic mass is 10.2. The van der Waals surface area contributed by atoms with Gasteiger partial charge in [0.05, 0.1) is 4.92 Å². The Hall–Kier alpha value is -0.900. The Morgan fingerprint density at radius 3 is 2.40 bits per heavy atom. The van der Waals surface area contributed by atoms with Crippen LogP contribution in [0.15, 0.2) is 5.38 Å². The van der Waals surface area contributed by atoms with E-state index >= 15 is 0 Å². The molecule has 1 heterocycles. The minimum atomic E-state index is -0.340. The minimum absolute atomic E-state index is 0.262.